The molecule has 0 unspecified atom stereocenters. The number of rotatable bonds is 4. The van der Waals surface area contributed by atoms with Crippen LogP contribution < -0.4 is 5.73 Å². The van der Waals surface area contributed by atoms with Crippen molar-refractivity contribution in [3.05, 3.63) is 66.6 Å². The van der Waals surface area contributed by atoms with Gasteiger partial charge in [0, 0.05) is 36.0 Å². The molecule has 1 aliphatic heterocycles. The number of hydrogen-bond acceptors (Lipinski definition) is 4. The fourth-order valence-electron chi connectivity index (χ4n) is 3.66. The van der Waals surface area contributed by atoms with E-state index in [1.54, 1.807) is 48.5 Å². The summed E-state index contributed by atoms with van der Waals surface area (Å²) < 4.78 is 42.8. The van der Waals surface area contributed by atoms with Crippen LogP contribution in [0.15, 0.2) is 65.7 Å². The zero-order valence-corrected chi connectivity index (χ0v) is 16.7. The molecule has 1 saturated heterocycles. The number of hydrogen-bond donors (Lipinski definition) is 1. The molecule has 0 amide bonds. The minimum Gasteiger partial charge on any atom is -0.384 e. The molecule has 3 aromatic rings. The van der Waals surface area contributed by atoms with Crippen LogP contribution in [0.3, 0.4) is 0 Å². The van der Waals surface area contributed by atoms with Crippen molar-refractivity contribution in [1.82, 2.24) is 9.29 Å². The maximum absolute atomic E-state index is 14.9. The number of piperidine rings is 1. The molecule has 2 heterocycles. The summed E-state index contributed by atoms with van der Waals surface area (Å²) >= 11 is 0. The minimum absolute atomic E-state index is 0.211. The monoisotopic (exact) mass is 411 g/mol. The van der Waals surface area contributed by atoms with E-state index in [0.29, 0.717) is 41.2 Å². The molecule has 2 aromatic carbocycles. The zero-order valence-electron chi connectivity index (χ0n) is 15.9. The Balaban J connectivity index is 1.74. The lowest BCUT2D eigenvalue weighted by molar-refractivity contribution is 0.347. The normalized spacial score (nSPS) is 15.3. The third-order valence-electron chi connectivity index (χ3n) is 5.20. The third-order valence-corrected chi connectivity index (χ3v) is 7.15. The van der Waals surface area contributed by atoms with Gasteiger partial charge in [-0.05, 0) is 42.7 Å². The molecule has 0 radical (unpaired) electrons. The first-order valence-corrected chi connectivity index (χ1v) is 11.0. The van der Waals surface area contributed by atoms with Crippen LogP contribution in [0.4, 0.5) is 10.2 Å². The quantitative estimate of drug-likeness (QED) is 0.694. The standard InChI is InChI=1S/C22H22FN3O2S/c23-20-14-16(8-10-18(20)17-9-11-22(24)25-15-17)19-6-2-3-7-21(19)29(27,28)26-12-4-1-5-13-26/h2-3,6-11,14-15H,1,4-5,12-13H2,(H2,24,25). The van der Waals surface area contributed by atoms with Crippen LogP contribution in [0.5, 0.6) is 0 Å². The van der Waals surface area contributed by atoms with Gasteiger partial charge in [0.2, 0.25) is 10.0 Å². The van der Waals surface area contributed by atoms with Gasteiger partial charge in [-0.3, -0.25) is 0 Å². The second-order valence-electron chi connectivity index (χ2n) is 7.13. The first-order valence-electron chi connectivity index (χ1n) is 9.58. The van der Waals surface area contributed by atoms with Crippen LogP contribution in [-0.4, -0.2) is 30.8 Å². The second kappa shape index (κ2) is 7.93. The van der Waals surface area contributed by atoms with Gasteiger partial charge < -0.3 is 5.73 Å². The fourth-order valence-corrected chi connectivity index (χ4v) is 5.39. The van der Waals surface area contributed by atoms with Crippen LogP contribution in [0.1, 0.15) is 19.3 Å². The molecular formula is C22H22FN3O2S. The number of benzene rings is 2. The molecule has 1 fully saturated rings. The average molecular weight is 412 g/mol. The van der Waals surface area contributed by atoms with Crippen molar-refractivity contribution in [3.8, 4) is 22.3 Å². The van der Waals surface area contributed by atoms with Crippen molar-refractivity contribution in [2.24, 2.45) is 0 Å². The molecule has 5 nitrogen and oxygen atoms in total. The van der Waals surface area contributed by atoms with E-state index in [1.807, 2.05) is 0 Å². The Morgan fingerprint density at radius 1 is 0.897 bits per heavy atom. The molecule has 1 aromatic heterocycles. The topological polar surface area (TPSA) is 76.3 Å². The molecule has 0 atom stereocenters. The van der Waals surface area contributed by atoms with Gasteiger partial charge in [-0.25, -0.2) is 17.8 Å². The molecule has 0 aliphatic carbocycles. The summed E-state index contributed by atoms with van der Waals surface area (Å²) in [6.45, 7) is 1.04. The summed E-state index contributed by atoms with van der Waals surface area (Å²) in [5, 5.41) is 0. The third kappa shape index (κ3) is 3.88. The maximum Gasteiger partial charge on any atom is 0.243 e. The lowest BCUT2D eigenvalue weighted by Gasteiger charge is -2.27. The van der Waals surface area contributed by atoms with Gasteiger partial charge >= 0.3 is 0 Å². The van der Waals surface area contributed by atoms with E-state index >= 15 is 0 Å². The van der Waals surface area contributed by atoms with E-state index in [2.05, 4.69) is 4.98 Å². The van der Waals surface area contributed by atoms with Crippen molar-refractivity contribution < 1.29 is 12.8 Å². The summed E-state index contributed by atoms with van der Waals surface area (Å²) in [5.41, 5.74) is 7.61. The average Bonchev–Trinajstić information content (AvgIpc) is 2.75. The van der Waals surface area contributed by atoms with Gasteiger partial charge in [-0.15, -0.1) is 0 Å². The Morgan fingerprint density at radius 2 is 1.62 bits per heavy atom. The minimum atomic E-state index is -3.63. The number of sulfonamides is 1. The summed E-state index contributed by atoms with van der Waals surface area (Å²) in [4.78, 5) is 4.21. The predicted octanol–water partition coefficient (Wildman–Crippen LogP) is 4.31. The number of nitrogens with two attached hydrogens (primary N) is 1. The van der Waals surface area contributed by atoms with Gasteiger partial charge in [0.25, 0.3) is 0 Å². The number of pyridine rings is 1. The van der Waals surface area contributed by atoms with Gasteiger partial charge in [-0.2, -0.15) is 4.31 Å². The lowest BCUT2D eigenvalue weighted by Crippen LogP contribution is -2.35. The smallest absolute Gasteiger partial charge is 0.243 e. The molecule has 0 bridgehead atoms. The Bertz CT molecular complexity index is 1130. The molecule has 2 N–H and O–H groups in total. The van der Waals surface area contributed by atoms with Crippen LogP contribution in [0, 0.1) is 5.82 Å². The lowest BCUT2D eigenvalue weighted by atomic mass is 10.0. The van der Waals surface area contributed by atoms with E-state index < -0.39 is 15.8 Å². The summed E-state index contributed by atoms with van der Waals surface area (Å²) in [5.74, 6) is -0.0816. The van der Waals surface area contributed by atoms with E-state index in [9.17, 15) is 12.8 Å². The van der Waals surface area contributed by atoms with Crippen LogP contribution in [0.25, 0.3) is 22.3 Å². The molecule has 7 heteroatoms. The highest BCUT2D eigenvalue weighted by molar-refractivity contribution is 7.89. The van der Waals surface area contributed by atoms with E-state index in [4.69, 9.17) is 5.73 Å². The Morgan fingerprint density at radius 3 is 2.31 bits per heavy atom. The molecule has 0 spiro atoms. The van der Waals surface area contributed by atoms with Gasteiger partial charge in [0.15, 0.2) is 0 Å². The van der Waals surface area contributed by atoms with Crippen molar-refractivity contribution in [2.45, 2.75) is 24.2 Å². The van der Waals surface area contributed by atoms with E-state index in [1.165, 1.54) is 16.6 Å². The van der Waals surface area contributed by atoms with Crippen LogP contribution in [-0.2, 0) is 10.0 Å². The number of aromatic nitrogens is 1. The first-order chi connectivity index (χ1) is 14.0. The molecule has 4 rings (SSSR count). The highest BCUT2D eigenvalue weighted by Crippen LogP contribution is 2.33. The zero-order chi connectivity index (χ0) is 20.4. The summed E-state index contributed by atoms with van der Waals surface area (Å²) in [6.07, 6.45) is 4.28. The summed E-state index contributed by atoms with van der Waals surface area (Å²) in [6, 6.07) is 14.8. The van der Waals surface area contributed by atoms with Crippen molar-refractivity contribution in [2.75, 3.05) is 18.8 Å². The molecule has 1 aliphatic rings. The molecule has 150 valence electrons. The van der Waals surface area contributed by atoms with Crippen molar-refractivity contribution >= 4 is 15.8 Å². The van der Waals surface area contributed by atoms with Crippen LogP contribution in [0.2, 0.25) is 0 Å². The van der Waals surface area contributed by atoms with Gasteiger partial charge in [-0.1, -0.05) is 36.8 Å². The van der Waals surface area contributed by atoms with E-state index in [-0.39, 0.29) is 4.90 Å². The predicted molar refractivity (Wildman–Crippen MR) is 112 cm³/mol. The van der Waals surface area contributed by atoms with Crippen molar-refractivity contribution in [1.29, 1.82) is 0 Å². The molecular weight excluding hydrogens is 389 g/mol. The van der Waals surface area contributed by atoms with E-state index in [0.717, 1.165) is 19.3 Å². The molecule has 29 heavy (non-hydrogen) atoms. The first kappa shape index (κ1) is 19.5. The largest absolute Gasteiger partial charge is 0.384 e. The van der Waals surface area contributed by atoms with Crippen molar-refractivity contribution in [3.63, 3.8) is 0 Å². The van der Waals surface area contributed by atoms with Gasteiger partial charge in [0.05, 0.1) is 4.90 Å². The van der Waals surface area contributed by atoms with Gasteiger partial charge in [0.1, 0.15) is 11.6 Å². The van der Waals surface area contributed by atoms with Crippen LogP contribution >= 0.6 is 0 Å². The Hall–Kier alpha value is -2.77. The SMILES string of the molecule is Nc1ccc(-c2ccc(-c3ccccc3S(=O)(=O)N3CCCCC3)cc2F)cn1. The second-order valence-corrected chi connectivity index (χ2v) is 9.03. The Labute approximate surface area is 170 Å². The Kier molecular flexibility index (Phi) is 5.34. The number of nitrogen functional groups attached to an aromatic ring is 1. The number of halogens is 1. The number of nitrogens with zero attached hydrogens (tertiary/aromatic N) is 2. The highest BCUT2D eigenvalue weighted by atomic mass is 32.2. The maximum atomic E-state index is 14.9. The fraction of sp³-hybridized carbons (Fsp3) is 0.227. The number of anilines is 1. The summed E-state index contributed by atoms with van der Waals surface area (Å²) in [7, 11) is -3.63. The molecule has 0 saturated carbocycles. The highest BCUT2D eigenvalue weighted by Gasteiger charge is 2.28.